The number of amides is 1. The first-order chi connectivity index (χ1) is 12.2. The summed E-state index contributed by atoms with van der Waals surface area (Å²) in [6.45, 7) is 2.28. The number of β-lactam (4-membered cyclic amide) rings is 1. The molecule has 2 aliphatic heterocycles. The number of hydrogen-bond acceptors (Lipinski definition) is 8. The third-order valence-corrected chi connectivity index (χ3v) is 5.39. The molecule has 144 valence electrons. The number of guanidine groups is 1. The first kappa shape index (κ1) is 18.5. The first-order valence-corrected chi connectivity index (χ1v) is 9.33. The summed E-state index contributed by atoms with van der Waals surface area (Å²) in [6.07, 6.45) is 1.46. The molecular formula is C12H21N9O4S. The number of rotatable bonds is 6. The van der Waals surface area contributed by atoms with Gasteiger partial charge in [0.25, 0.3) is 5.91 Å². The summed E-state index contributed by atoms with van der Waals surface area (Å²) in [5.41, 5.74) is 11.7. The van der Waals surface area contributed by atoms with Crippen molar-refractivity contribution >= 4 is 22.2 Å². The Morgan fingerprint density at radius 3 is 2.77 bits per heavy atom. The molecule has 0 radical (unpaired) electrons. The van der Waals surface area contributed by atoms with Gasteiger partial charge in [-0.05, 0) is 6.54 Å². The normalized spacial score (nSPS) is 23.6. The van der Waals surface area contributed by atoms with Gasteiger partial charge in [-0.1, -0.05) is 0 Å². The van der Waals surface area contributed by atoms with Crippen LogP contribution in [0.15, 0.2) is 6.20 Å². The molecule has 1 aromatic heterocycles. The molecule has 0 spiro atoms. The van der Waals surface area contributed by atoms with Gasteiger partial charge in [-0.15, -0.1) is 0 Å². The van der Waals surface area contributed by atoms with E-state index in [1.807, 2.05) is 4.90 Å². The van der Waals surface area contributed by atoms with E-state index in [2.05, 4.69) is 15.5 Å². The van der Waals surface area contributed by atoms with E-state index in [0.29, 0.717) is 22.5 Å². The van der Waals surface area contributed by atoms with Crippen molar-refractivity contribution in [1.82, 2.24) is 29.5 Å². The second-order valence-corrected chi connectivity index (χ2v) is 7.59. The van der Waals surface area contributed by atoms with E-state index in [-0.39, 0.29) is 19.0 Å². The zero-order valence-corrected chi connectivity index (χ0v) is 14.6. The fraction of sp³-hybridized carbons (Fsp3) is 0.667. The molecular weight excluding hydrogens is 366 g/mol. The number of nitrogens with one attached hydrogen (secondary N) is 2. The number of aromatic nitrogens is 3. The maximum Gasteiger partial charge on any atom is 0.362 e. The van der Waals surface area contributed by atoms with Crippen LogP contribution in [0.4, 0.5) is 0 Å². The summed E-state index contributed by atoms with van der Waals surface area (Å²) in [4.78, 5) is 14.6. The van der Waals surface area contributed by atoms with Crippen LogP contribution in [0.2, 0.25) is 0 Å². The Morgan fingerprint density at radius 1 is 1.46 bits per heavy atom. The molecule has 7 N–H and O–H groups in total. The van der Waals surface area contributed by atoms with Gasteiger partial charge in [0.15, 0.2) is 5.96 Å². The molecule has 0 unspecified atom stereocenters. The summed E-state index contributed by atoms with van der Waals surface area (Å²) in [6, 6.07) is -1.99. The maximum absolute atomic E-state index is 11.5. The number of likely N-dealkylation sites (tertiary alicyclic amines) is 1. The molecule has 2 atom stereocenters. The molecule has 0 aliphatic carbocycles. The van der Waals surface area contributed by atoms with Gasteiger partial charge in [0.2, 0.25) is 0 Å². The van der Waals surface area contributed by atoms with Gasteiger partial charge < -0.3 is 21.7 Å². The van der Waals surface area contributed by atoms with E-state index >= 15 is 0 Å². The van der Waals surface area contributed by atoms with Crippen molar-refractivity contribution in [3.8, 4) is 0 Å². The Morgan fingerprint density at radius 2 is 2.15 bits per heavy atom. The molecule has 26 heavy (non-hydrogen) atoms. The van der Waals surface area contributed by atoms with Crippen LogP contribution in [0.3, 0.4) is 0 Å². The van der Waals surface area contributed by atoms with Crippen LogP contribution in [0.25, 0.3) is 0 Å². The summed E-state index contributed by atoms with van der Waals surface area (Å²) in [5.74, 6) is -0.183. The topological polar surface area (TPSA) is 197 Å². The lowest BCUT2D eigenvalue weighted by molar-refractivity contribution is -0.141. The van der Waals surface area contributed by atoms with Crippen molar-refractivity contribution in [3.05, 3.63) is 11.9 Å². The van der Waals surface area contributed by atoms with Crippen molar-refractivity contribution in [1.29, 1.82) is 5.41 Å². The average molecular weight is 387 g/mol. The summed E-state index contributed by atoms with van der Waals surface area (Å²) in [7, 11) is -4.66. The standard InChI is InChI=1S/C12H21N9O4S/c13-1-7-4-19(5-7)12(15)16-2-8-3-17-20(18-8)6-9-10(14)11(22)21(9)26(23,24)25/h3,7,9-10H,1-2,4-6,13-14H2,(H2,15,16)(H,23,24,25)/t9-,10+/m1/s1. The van der Waals surface area contributed by atoms with Crippen molar-refractivity contribution in [2.24, 2.45) is 17.4 Å². The molecule has 2 aliphatic rings. The minimum atomic E-state index is -4.66. The lowest BCUT2D eigenvalue weighted by atomic mass is 10.0. The van der Waals surface area contributed by atoms with Gasteiger partial charge in [-0.3, -0.25) is 14.8 Å². The fourth-order valence-corrected chi connectivity index (χ4v) is 3.76. The molecule has 2 fully saturated rings. The number of hydrogen-bond donors (Lipinski definition) is 5. The molecule has 0 saturated carbocycles. The zero-order valence-electron chi connectivity index (χ0n) is 13.8. The fourth-order valence-electron chi connectivity index (χ4n) is 2.87. The minimum absolute atomic E-state index is 0.0750. The van der Waals surface area contributed by atoms with E-state index in [9.17, 15) is 13.2 Å². The monoisotopic (exact) mass is 387 g/mol. The number of nitrogens with two attached hydrogens (primary N) is 2. The van der Waals surface area contributed by atoms with Crippen molar-refractivity contribution in [3.63, 3.8) is 0 Å². The highest BCUT2D eigenvalue weighted by Crippen LogP contribution is 2.22. The van der Waals surface area contributed by atoms with Gasteiger partial charge in [-0.25, -0.2) is 4.31 Å². The maximum atomic E-state index is 11.5. The summed E-state index contributed by atoms with van der Waals surface area (Å²) < 4.78 is 31.8. The summed E-state index contributed by atoms with van der Waals surface area (Å²) in [5, 5.41) is 19.0. The van der Waals surface area contributed by atoms with Crippen LogP contribution >= 0.6 is 0 Å². The van der Waals surface area contributed by atoms with Crippen molar-refractivity contribution < 1.29 is 17.8 Å². The van der Waals surface area contributed by atoms with Crippen LogP contribution in [0.5, 0.6) is 0 Å². The third kappa shape index (κ3) is 3.48. The molecule has 0 aromatic carbocycles. The lowest BCUT2D eigenvalue weighted by Gasteiger charge is -2.41. The highest BCUT2D eigenvalue weighted by atomic mass is 32.2. The van der Waals surface area contributed by atoms with Gasteiger partial charge in [0.1, 0.15) is 11.7 Å². The Bertz CT molecular complexity index is 803. The van der Waals surface area contributed by atoms with Gasteiger partial charge in [0, 0.05) is 19.0 Å². The second-order valence-electron chi connectivity index (χ2n) is 6.30. The third-order valence-electron chi connectivity index (χ3n) is 4.44. The van der Waals surface area contributed by atoms with Crippen molar-refractivity contribution in [2.75, 3.05) is 19.6 Å². The van der Waals surface area contributed by atoms with Crippen LogP contribution in [-0.4, -0.2) is 80.8 Å². The molecule has 3 rings (SSSR count). The van der Waals surface area contributed by atoms with Crippen LogP contribution in [0.1, 0.15) is 5.69 Å². The van der Waals surface area contributed by atoms with Gasteiger partial charge >= 0.3 is 10.3 Å². The van der Waals surface area contributed by atoms with Crippen LogP contribution < -0.4 is 16.8 Å². The zero-order chi connectivity index (χ0) is 19.1. The van der Waals surface area contributed by atoms with E-state index in [0.717, 1.165) is 13.1 Å². The van der Waals surface area contributed by atoms with Crippen LogP contribution in [0, 0.1) is 11.3 Å². The molecule has 3 heterocycles. The molecule has 14 heteroatoms. The Hall–Kier alpha value is -2.29. The van der Waals surface area contributed by atoms with Gasteiger partial charge in [-0.2, -0.15) is 23.4 Å². The SMILES string of the molecule is N=C(NCc1cnn(C[C@@H]2[C@H](N)C(=O)N2S(=O)(=O)O)n1)N1CC(CN)C1. The molecule has 13 nitrogen and oxygen atoms in total. The smallest absolute Gasteiger partial charge is 0.351 e. The van der Waals surface area contributed by atoms with Crippen LogP contribution in [-0.2, 0) is 28.2 Å². The Labute approximate surface area is 149 Å². The number of carbonyl (C=O) groups is 1. The molecule has 2 saturated heterocycles. The van der Waals surface area contributed by atoms with Crippen molar-refractivity contribution in [2.45, 2.75) is 25.2 Å². The quantitative estimate of drug-likeness (QED) is 0.141. The first-order valence-electron chi connectivity index (χ1n) is 7.93. The van der Waals surface area contributed by atoms with E-state index in [1.165, 1.54) is 11.0 Å². The minimum Gasteiger partial charge on any atom is -0.351 e. The average Bonchev–Trinajstić information content (AvgIpc) is 2.97. The molecule has 1 aromatic rings. The molecule has 0 bridgehead atoms. The van der Waals surface area contributed by atoms with E-state index in [4.69, 9.17) is 21.4 Å². The number of nitrogens with zero attached hydrogens (tertiary/aromatic N) is 5. The van der Waals surface area contributed by atoms with E-state index in [1.54, 1.807) is 0 Å². The van der Waals surface area contributed by atoms with Gasteiger partial charge in [0.05, 0.1) is 25.3 Å². The van der Waals surface area contributed by atoms with E-state index < -0.39 is 28.3 Å². The summed E-state index contributed by atoms with van der Waals surface area (Å²) >= 11 is 0. The largest absolute Gasteiger partial charge is 0.362 e. The predicted octanol–water partition coefficient (Wildman–Crippen LogP) is -3.47. The highest BCUT2D eigenvalue weighted by molar-refractivity contribution is 7.84. The molecule has 1 amide bonds. The second kappa shape index (κ2) is 6.79. The Balaban J connectivity index is 1.52. The highest BCUT2D eigenvalue weighted by Gasteiger charge is 2.51. The lowest BCUT2D eigenvalue weighted by Crippen LogP contribution is -2.71. The predicted molar refractivity (Wildman–Crippen MR) is 88.9 cm³/mol. The Kier molecular flexibility index (Phi) is 4.83. The number of carbonyl (C=O) groups excluding carboxylic acids is 1.